The molecule has 0 N–H and O–H groups in total. The maximum atomic E-state index is 6.13. The van der Waals surface area contributed by atoms with Crippen LogP contribution in [0.5, 0.6) is 0 Å². The number of furan rings is 1. The summed E-state index contributed by atoms with van der Waals surface area (Å²) in [6.07, 6.45) is 3.56. The molecule has 0 unspecified atom stereocenters. The third-order valence-electron chi connectivity index (χ3n) is 5.42. The topological polar surface area (TPSA) is 18.1 Å². The second-order valence-corrected chi connectivity index (χ2v) is 6.90. The van der Waals surface area contributed by atoms with Gasteiger partial charge in [0, 0.05) is 39.6 Å². The lowest BCUT2D eigenvalue weighted by Gasteiger charge is -2.04. The van der Waals surface area contributed by atoms with E-state index in [2.05, 4.69) is 67.1 Å². The molecule has 3 aromatic carbocycles. The Morgan fingerprint density at radius 3 is 2.52 bits per heavy atom. The van der Waals surface area contributed by atoms with Gasteiger partial charge in [-0.2, -0.15) is 0 Å². The Morgan fingerprint density at radius 2 is 1.64 bits per heavy atom. The molecule has 0 saturated heterocycles. The first-order chi connectivity index (χ1) is 12.3. The second kappa shape index (κ2) is 5.38. The van der Waals surface area contributed by atoms with Crippen molar-refractivity contribution in [3.63, 3.8) is 0 Å². The van der Waals surface area contributed by atoms with E-state index in [4.69, 9.17) is 4.42 Å². The minimum Gasteiger partial charge on any atom is -0.456 e. The zero-order chi connectivity index (χ0) is 17.0. The number of nitrogens with zero attached hydrogens (tertiary/aromatic N) is 1. The molecule has 2 heterocycles. The highest BCUT2D eigenvalue weighted by atomic mass is 16.3. The summed E-state index contributed by atoms with van der Waals surface area (Å²) in [7, 11) is 2.17. The zero-order valence-corrected chi connectivity index (χ0v) is 14.7. The molecule has 0 amide bonds. The van der Waals surface area contributed by atoms with E-state index in [1.807, 2.05) is 6.07 Å². The van der Waals surface area contributed by atoms with Crippen LogP contribution in [-0.4, -0.2) is 4.57 Å². The normalized spacial score (nSPS) is 12.1. The number of rotatable bonds is 3. The molecule has 0 aliphatic carbocycles. The number of benzene rings is 3. The van der Waals surface area contributed by atoms with Gasteiger partial charge < -0.3 is 8.98 Å². The number of hydrogen-bond acceptors (Lipinski definition) is 1. The smallest absolute Gasteiger partial charge is 0.136 e. The van der Waals surface area contributed by atoms with Crippen molar-refractivity contribution in [1.29, 1.82) is 0 Å². The van der Waals surface area contributed by atoms with Crippen LogP contribution in [0.1, 0.15) is 25.3 Å². The highest BCUT2D eigenvalue weighted by Crippen LogP contribution is 2.40. The number of para-hydroxylation sites is 1. The third kappa shape index (κ3) is 1.97. The molecule has 5 rings (SSSR count). The SMILES string of the molecule is CCCCc1cccc2c1c1c3c(ccc1n2C)oc1ccccc13. The summed E-state index contributed by atoms with van der Waals surface area (Å²) in [6.45, 7) is 2.25. The summed E-state index contributed by atoms with van der Waals surface area (Å²) in [5, 5.41) is 5.20. The second-order valence-electron chi connectivity index (χ2n) is 6.90. The first kappa shape index (κ1) is 14.6. The molecular formula is C23H21NO. The number of fused-ring (bicyclic) bond motifs is 7. The van der Waals surface area contributed by atoms with Crippen LogP contribution < -0.4 is 0 Å². The minimum atomic E-state index is 0.966. The zero-order valence-electron chi connectivity index (χ0n) is 14.7. The molecule has 124 valence electrons. The molecule has 0 radical (unpaired) electrons. The summed E-state index contributed by atoms with van der Waals surface area (Å²) in [4.78, 5) is 0. The van der Waals surface area contributed by atoms with Gasteiger partial charge in [0.1, 0.15) is 11.2 Å². The molecule has 0 fully saturated rings. The van der Waals surface area contributed by atoms with Gasteiger partial charge in [0.15, 0.2) is 0 Å². The highest BCUT2D eigenvalue weighted by Gasteiger charge is 2.17. The summed E-state index contributed by atoms with van der Waals surface area (Å²) in [6, 6.07) is 19.4. The molecule has 0 spiro atoms. The molecule has 0 atom stereocenters. The highest BCUT2D eigenvalue weighted by molar-refractivity contribution is 6.27. The predicted molar refractivity (Wildman–Crippen MR) is 106 cm³/mol. The monoisotopic (exact) mass is 327 g/mol. The van der Waals surface area contributed by atoms with Gasteiger partial charge in [0.25, 0.3) is 0 Å². The number of hydrogen-bond donors (Lipinski definition) is 0. The average Bonchev–Trinajstić information content (AvgIpc) is 3.16. The standard InChI is InChI=1S/C23H21NO/c1-3-4-8-15-9-7-11-17-21(15)23-18(24(17)2)13-14-20-22(23)16-10-5-6-12-19(16)25-20/h5-7,9-14H,3-4,8H2,1-2H3. The van der Waals surface area contributed by atoms with E-state index in [9.17, 15) is 0 Å². The van der Waals surface area contributed by atoms with E-state index < -0.39 is 0 Å². The fourth-order valence-electron chi connectivity index (χ4n) is 4.20. The van der Waals surface area contributed by atoms with Crippen molar-refractivity contribution in [3.8, 4) is 0 Å². The Morgan fingerprint density at radius 1 is 0.800 bits per heavy atom. The van der Waals surface area contributed by atoms with Crippen molar-refractivity contribution in [2.45, 2.75) is 26.2 Å². The van der Waals surface area contributed by atoms with E-state index in [1.165, 1.54) is 51.0 Å². The van der Waals surface area contributed by atoms with Crippen molar-refractivity contribution in [1.82, 2.24) is 4.57 Å². The largest absolute Gasteiger partial charge is 0.456 e. The Hall–Kier alpha value is -2.74. The van der Waals surface area contributed by atoms with Crippen LogP contribution in [0, 0.1) is 0 Å². The van der Waals surface area contributed by atoms with E-state index in [1.54, 1.807) is 0 Å². The van der Waals surface area contributed by atoms with Gasteiger partial charge in [0.05, 0.1) is 0 Å². The molecule has 0 aliphatic rings. The summed E-state index contributed by atoms with van der Waals surface area (Å²) < 4.78 is 8.45. The van der Waals surface area contributed by atoms with Crippen LogP contribution in [0.2, 0.25) is 0 Å². The summed E-state index contributed by atoms with van der Waals surface area (Å²) in [5.74, 6) is 0. The molecular weight excluding hydrogens is 306 g/mol. The molecule has 5 aromatic rings. The van der Waals surface area contributed by atoms with E-state index in [0.717, 1.165) is 17.6 Å². The predicted octanol–water partition coefficient (Wildman–Crippen LogP) is 6.57. The molecule has 2 heteroatoms. The maximum absolute atomic E-state index is 6.13. The molecule has 2 nitrogen and oxygen atoms in total. The summed E-state index contributed by atoms with van der Waals surface area (Å²) in [5.41, 5.74) is 5.97. The Balaban J connectivity index is 2.03. The molecule has 0 saturated carbocycles. The van der Waals surface area contributed by atoms with Crippen molar-refractivity contribution in [2.75, 3.05) is 0 Å². The Kier molecular flexibility index (Phi) is 3.14. The fraction of sp³-hybridized carbons (Fsp3) is 0.217. The minimum absolute atomic E-state index is 0.966. The van der Waals surface area contributed by atoms with Gasteiger partial charge in [-0.15, -0.1) is 0 Å². The Labute approximate surface area is 146 Å². The van der Waals surface area contributed by atoms with Crippen LogP contribution in [0.15, 0.2) is 59.0 Å². The van der Waals surface area contributed by atoms with Crippen LogP contribution in [0.4, 0.5) is 0 Å². The quantitative estimate of drug-likeness (QED) is 0.366. The third-order valence-corrected chi connectivity index (χ3v) is 5.42. The van der Waals surface area contributed by atoms with Crippen molar-refractivity contribution in [3.05, 3.63) is 60.2 Å². The average molecular weight is 327 g/mol. The van der Waals surface area contributed by atoms with Crippen LogP contribution in [-0.2, 0) is 13.5 Å². The van der Waals surface area contributed by atoms with Gasteiger partial charge in [-0.1, -0.05) is 43.7 Å². The lowest BCUT2D eigenvalue weighted by Crippen LogP contribution is -1.88. The van der Waals surface area contributed by atoms with Gasteiger partial charge >= 0.3 is 0 Å². The van der Waals surface area contributed by atoms with Gasteiger partial charge in [-0.25, -0.2) is 0 Å². The van der Waals surface area contributed by atoms with Gasteiger partial charge in [-0.05, 0) is 42.7 Å². The number of aryl methyl sites for hydroxylation is 2. The number of unbranched alkanes of at least 4 members (excludes halogenated alkanes) is 1. The van der Waals surface area contributed by atoms with Crippen LogP contribution >= 0.6 is 0 Å². The lowest BCUT2D eigenvalue weighted by molar-refractivity contribution is 0.669. The maximum Gasteiger partial charge on any atom is 0.136 e. The van der Waals surface area contributed by atoms with E-state index in [0.29, 0.717) is 0 Å². The summed E-state index contributed by atoms with van der Waals surface area (Å²) >= 11 is 0. The van der Waals surface area contributed by atoms with E-state index in [-0.39, 0.29) is 0 Å². The van der Waals surface area contributed by atoms with Crippen molar-refractivity contribution in [2.24, 2.45) is 7.05 Å². The Bertz CT molecular complexity index is 1240. The van der Waals surface area contributed by atoms with Crippen molar-refractivity contribution < 1.29 is 4.42 Å². The first-order valence-corrected chi connectivity index (χ1v) is 9.10. The van der Waals surface area contributed by atoms with Gasteiger partial charge in [-0.3, -0.25) is 0 Å². The number of aromatic nitrogens is 1. The molecule has 2 aromatic heterocycles. The van der Waals surface area contributed by atoms with Crippen molar-refractivity contribution >= 4 is 43.7 Å². The first-order valence-electron chi connectivity index (χ1n) is 9.10. The molecule has 0 bridgehead atoms. The van der Waals surface area contributed by atoms with Crippen LogP contribution in [0.3, 0.4) is 0 Å². The lowest BCUT2D eigenvalue weighted by atomic mass is 9.99. The van der Waals surface area contributed by atoms with E-state index >= 15 is 0 Å². The molecule has 0 aliphatic heterocycles. The van der Waals surface area contributed by atoms with Crippen LogP contribution in [0.25, 0.3) is 43.7 Å². The fourth-order valence-corrected chi connectivity index (χ4v) is 4.20. The van der Waals surface area contributed by atoms with Gasteiger partial charge in [0.2, 0.25) is 0 Å². The molecule has 25 heavy (non-hydrogen) atoms.